The minimum absolute atomic E-state index is 0.113. The molecule has 1 fully saturated rings. The number of carbonyl (C=O) groups is 2. The van der Waals surface area contributed by atoms with E-state index in [2.05, 4.69) is 0 Å². The van der Waals surface area contributed by atoms with Gasteiger partial charge in [0, 0.05) is 13.5 Å². The number of ether oxygens (including phenoxy) is 3. The minimum Gasteiger partial charge on any atom is -0.456 e. The van der Waals surface area contributed by atoms with E-state index in [1.165, 1.54) is 7.11 Å². The van der Waals surface area contributed by atoms with E-state index in [0.29, 0.717) is 12.0 Å². The monoisotopic (exact) mass is 458 g/mol. The maximum Gasteiger partial charge on any atom is 0.307 e. The Morgan fingerprint density at radius 1 is 1.00 bits per heavy atom. The smallest absolute Gasteiger partial charge is 0.307 e. The van der Waals surface area contributed by atoms with Crippen LogP contribution in [0.5, 0.6) is 0 Å². The SMILES string of the molecule is CO[C@H]1O[C@H](CO)[C@@H](O)[C@H](OC(=O)CC(C(=O)CCc2ccccc2)c2ccccc2)[C@H]1O. The predicted octanol–water partition coefficient (Wildman–Crippen LogP) is 1.36. The fraction of sp³-hybridized carbons (Fsp3) is 0.440. The number of hydrogen-bond acceptors (Lipinski definition) is 8. The van der Waals surface area contributed by atoms with Gasteiger partial charge >= 0.3 is 5.97 Å². The lowest BCUT2D eigenvalue weighted by Gasteiger charge is -2.40. The van der Waals surface area contributed by atoms with Gasteiger partial charge in [0.25, 0.3) is 0 Å². The van der Waals surface area contributed by atoms with Gasteiger partial charge in [-0.3, -0.25) is 9.59 Å². The highest BCUT2D eigenvalue weighted by Gasteiger charge is 2.47. The van der Waals surface area contributed by atoms with Gasteiger partial charge in [-0.15, -0.1) is 0 Å². The van der Waals surface area contributed by atoms with Crippen molar-refractivity contribution in [3.05, 3.63) is 71.8 Å². The van der Waals surface area contributed by atoms with Crippen LogP contribution in [0.3, 0.4) is 0 Å². The molecular weight excluding hydrogens is 428 g/mol. The van der Waals surface area contributed by atoms with Crippen LogP contribution in [0.4, 0.5) is 0 Å². The van der Waals surface area contributed by atoms with Gasteiger partial charge in [-0.2, -0.15) is 0 Å². The Labute approximate surface area is 192 Å². The van der Waals surface area contributed by atoms with E-state index in [-0.39, 0.29) is 18.6 Å². The molecule has 2 aromatic rings. The van der Waals surface area contributed by atoms with E-state index in [9.17, 15) is 24.9 Å². The number of rotatable bonds is 10. The number of aliphatic hydroxyl groups excluding tert-OH is 3. The molecule has 2 aromatic carbocycles. The lowest BCUT2D eigenvalue weighted by atomic mass is 9.88. The van der Waals surface area contributed by atoms with Crippen molar-refractivity contribution in [1.29, 1.82) is 0 Å². The molecular formula is C25H30O8. The minimum atomic E-state index is -1.46. The van der Waals surface area contributed by atoms with E-state index in [0.717, 1.165) is 5.56 Å². The zero-order valence-corrected chi connectivity index (χ0v) is 18.4. The van der Waals surface area contributed by atoms with E-state index in [1.807, 2.05) is 36.4 Å². The van der Waals surface area contributed by atoms with Crippen molar-refractivity contribution >= 4 is 11.8 Å². The number of hydrogen-bond donors (Lipinski definition) is 3. The first-order valence-corrected chi connectivity index (χ1v) is 10.9. The molecule has 0 spiro atoms. The molecule has 3 N–H and O–H groups in total. The summed E-state index contributed by atoms with van der Waals surface area (Å²) in [5.74, 6) is -1.60. The first kappa shape index (κ1) is 25.0. The molecule has 1 saturated heterocycles. The van der Waals surface area contributed by atoms with Crippen LogP contribution in [0.2, 0.25) is 0 Å². The number of aliphatic hydroxyl groups is 3. The molecule has 178 valence electrons. The van der Waals surface area contributed by atoms with Gasteiger partial charge in [0.15, 0.2) is 12.4 Å². The van der Waals surface area contributed by atoms with E-state index < -0.39 is 49.2 Å². The van der Waals surface area contributed by atoms with Gasteiger partial charge in [0.2, 0.25) is 0 Å². The Morgan fingerprint density at radius 3 is 2.24 bits per heavy atom. The van der Waals surface area contributed by atoms with Crippen molar-refractivity contribution in [2.75, 3.05) is 13.7 Å². The molecule has 8 nitrogen and oxygen atoms in total. The molecule has 8 heteroatoms. The van der Waals surface area contributed by atoms with Crippen molar-refractivity contribution < 1.29 is 39.1 Å². The number of Topliss-reactive ketones (excluding diaryl/α,β-unsaturated/α-hetero) is 1. The van der Waals surface area contributed by atoms with Crippen LogP contribution in [0.15, 0.2) is 60.7 Å². The van der Waals surface area contributed by atoms with Gasteiger partial charge in [0.05, 0.1) is 18.9 Å². The summed E-state index contributed by atoms with van der Waals surface area (Å²) in [6.07, 6.45) is -6.01. The van der Waals surface area contributed by atoms with E-state index >= 15 is 0 Å². The van der Waals surface area contributed by atoms with Crippen molar-refractivity contribution in [3.8, 4) is 0 Å². The molecule has 0 aromatic heterocycles. The first-order chi connectivity index (χ1) is 15.9. The summed E-state index contributed by atoms with van der Waals surface area (Å²) in [5.41, 5.74) is 1.71. The quantitative estimate of drug-likeness (QED) is 0.456. The van der Waals surface area contributed by atoms with Crippen LogP contribution in [-0.2, 0) is 30.2 Å². The van der Waals surface area contributed by atoms with Crippen molar-refractivity contribution in [2.45, 2.75) is 55.9 Å². The average molecular weight is 459 g/mol. The van der Waals surface area contributed by atoms with E-state index in [1.54, 1.807) is 24.3 Å². The highest BCUT2D eigenvalue weighted by Crippen LogP contribution is 2.27. The van der Waals surface area contributed by atoms with Gasteiger partial charge in [-0.25, -0.2) is 0 Å². The molecule has 1 heterocycles. The Kier molecular flexibility index (Phi) is 9.11. The molecule has 0 aliphatic carbocycles. The molecule has 0 bridgehead atoms. The third-order valence-corrected chi connectivity index (χ3v) is 5.79. The van der Waals surface area contributed by atoms with Crippen LogP contribution < -0.4 is 0 Å². The fourth-order valence-corrected chi connectivity index (χ4v) is 3.94. The summed E-state index contributed by atoms with van der Waals surface area (Å²) >= 11 is 0. The molecule has 6 atom stereocenters. The Morgan fingerprint density at radius 2 is 1.64 bits per heavy atom. The van der Waals surface area contributed by atoms with Crippen molar-refractivity contribution in [1.82, 2.24) is 0 Å². The van der Waals surface area contributed by atoms with Crippen molar-refractivity contribution in [3.63, 3.8) is 0 Å². The third kappa shape index (κ3) is 6.46. The second-order valence-electron chi connectivity index (χ2n) is 8.02. The second kappa shape index (κ2) is 12.0. The number of methoxy groups -OCH3 is 1. The highest BCUT2D eigenvalue weighted by molar-refractivity contribution is 5.90. The molecule has 3 rings (SSSR count). The molecule has 1 aliphatic heterocycles. The molecule has 0 saturated carbocycles. The molecule has 0 radical (unpaired) electrons. The second-order valence-corrected chi connectivity index (χ2v) is 8.02. The third-order valence-electron chi connectivity index (χ3n) is 5.79. The Hall–Kier alpha value is -2.62. The maximum atomic E-state index is 13.1. The summed E-state index contributed by atoms with van der Waals surface area (Å²) < 4.78 is 15.7. The largest absolute Gasteiger partial charge is 0.456 e. The van der Waals surface area contributed by atoms with Crippen LogP contribution in [0, 0.1) is 0 Å². The predicted molar refractivity (Wildman–Crippen MR) is 118 cm³/mol. The van der Waals surface area contributed by atoms with E-state index in [4.69, 9.17) is 14.2 Å². The highest BCUT2D eigenvalue weighted by atomic mass is 16.7. The summed E-state index contributed by atoms with van der Waals surface area (Å²) in [6, 6.07) is 18.6. The van der Waals surface area contributed by atoms with Gasteiger partial charge < -0.3 is 29.5 Å². The van der Waals surface area contributed by atoms with Crippen LogP contribution >= 0.6 is 0 Å². The normalized spacial score (nSPS) is 25.9. The molecule has 1 aliphatic rings. The number of carbonyl (C=O) groups excluding carboxylic acids is 2. The fourth-order valence-electron chi connectivity index (χ4n) is 3.94. The number of benzene rings is 2. The number of esters is 1. The average Bonchev–Trinajstić information content (AvgIpc) is 2.85. The zero-order valence-electron chi connectivity index (χ0n) is 18.4. The summed E-state index contributed by atoms with van der Waals surface area (Å²) in [6.45, 7) is -0.549. The van der Waals surface area contributed by atoms with Gasteiger partial charge in [-0.1, -0.05) is 60.7 Å². The number of ketones is 1. The summed E-state index contributed by atoms with van der Waals surface area (Å²) in [4.78, 5) is 25.9. The maximum absolute atomic E-state index is 13.1. The zero-order chi connectivity index (χ0) is 23.8. The molecule has 1 unspecified atom stereocenters. The molecule has 33 heavy (non-hydrogen) atoms. The van der Waals surface area contributed by atoms with Gasteiger partial charge in [0.1, 0.15) is 24.1 Å². The lowest BCUT2D eigenvalue weighted by molar-refractivity contribution is -0.297. The van der Waals surface area contributed by atoms with Crippen LogP contribution in [0.25, 0.3) is 0 Å². The summed E-state index contributed by atoms with van der Waals surface area (Å²) in [5, 5.41) is 30.2. The summed E-state index contributed by atoms with van der Waals surface area (Å²) in [7, 11) is 1.29. The number of aryl methyl sites for hydroxylation is 1. The first-order valence-electron chi connectivity index (χ1n) is 10.9. The van der Waals surface area contributed by atoms with Crippen LogP contribution in [0.1, 0.15) is 29.9 Å². The topological polar surface area (TPSA) is 123 Å². The Balaban J connectivity index is 1.71. The van der Waals surface area contributed by atoms with Gasteiger partial charge in [-0.05, 0) is 17.5 Å². The standard InChI is InChI=1S/C25H30O8/c1-31-25-23(30)24(22(29)20(15-26)32-25)33-21(28)14-18(17-10-6-3-7-11-17)19(27)13-12-16-8-4-2-5-9-16/h2-11,18,20,22-26,29-30H,12-15H2,1H3/t18?,20-,22-,23-,24+,25+/m1/s1. The Bertz CT molecular complexity index is 872. The van der Waals surface area contributed by atoms with Crippen molar-refractivity contribution in [2.24, 2.45) is 0 Å². The van der Waals surface area contributed by atoms with Crippen LogP contribution in [-0.4, -0.2) is 71.5 Å². The lowest BCUT2D eigenvalue weighted by Crippen LogP contribution is -2.60. The molecule has 0 amide bonds.